The van der Waals surface area contributed by atoms with E-state index in [1.54, 1.807) is 0 Å². The van der Waals surface area contributed by atoms with Gasteiger partial charge in [0.15, 0.2) is 0 Å². The third kappa shape index (κ3) is 4.60. The summed E-state index contributed by atoms with van der Waals surface area (Å²) >= 11 is 0. The Balaban J connectivity index is 1.95. The molecule has 1 unspecified atom stereocenters. The third-order valence-electron chi connectivity index (χ3n) is 3.81. The SMILES string of the molecule is OCCOCCN1CCCCCC1c1ccccc1. The van der Waals surface area contributed by atoms with Gasteiger partial charge in [0.25, 0.3) is 0 Å². The van der Waals surface area contributed by atoms with Gasteiger partial charge in [-0.15, -0.1) is 0 Å². The third-order valence-corrected chi connectivity index (χ3v) is 3.81. The van der Waals surface area contributed by atoms with E-state index >= 15 is 0 Å². The van der Waals surface area contributed by atoms with E-state index in [4.69, 9.17) is 9.84 Å². The molecule has 0 spiro atoms. The Bertz CT molecular complexity index is 342. The zero-order valence-electron chi connectivity index (χ0n) is 11.6. The maximum absolute atomic E-state index is 8.74. The summed E-state index contributed by atoms with van der Waals surface area (Å²) in [5.41, 5.74) is 1.42. The van der Waals surface area contributed by atoms with E-state index in [1.165, 1.54) is 31.2 Å². The molecule has 1 fully saturated rings. The summed E-state index contributed by atoms with van der Waals surface area (Å²) in [6, 6.07) is 11.3. The van der Waals surface area contributed by atoms with Crippen molar-refractivity contribution >= 4 is 0 Å². The highest BCUT2D eigenvalue weighted by atomic mass is 16.5. The summed E-state index contributed by atoms with van der Waals surface area (Å²) in [5.74, 6) is 0. The van der Waals surface area contributed by atoms with Crippen LogP contribution in [0.4, 0.5) is 0 Å². The fourth-order valence-electron chi connectivity index (χ4n) is 2.84. The molecule has 1 aromatic carbocycles. The Labute approximate surface area is 116 Å². The number of benzene rings is 1. The molecule has 1 saturated heterocycles. The zero-order chi connectivity index (χ0) is 13.3. The van der Waals surface area contributed by atoms with Crippen LogP contribution in [0.15, 0.2) is 30.3 Å². The lowest BCUT2D eigenvalue weighted by molar-refractivity contribution is 0.0634. The summed E-state index contributed by atoms with van der Waals surface area (Å²) in [5, 5.41) is 8.74. The summed E-state index contributed by atoms with van der Waals surface area (Å²) in [6.45, 7) is 3.39. The standard InChI is InChI=1S/C16H25NO2/c18-12-14-19-13-11-17-10-6-2-5-9-16(17)15-7-3-1-4-8-15/h1,3-4,7-8,16,18H,2,5-6,9-14H2. The van der Waals surface area contributed by atoms with Crippen LogP contribution in [-0.4, -0.2) is 42.9 Å². The Kier molecular flexibility index (Phi) is 6.34. The number of aliphatic hydroxyl groups excluding tert-OH is 1. The van der Waals surface area contributed by atoms with Crippen LogP contribution < -0.4 is 0 Å². The van der Waals surface area contributed by atoms with Crippen molar-refractivity contribution in [2.24, 2.45) is 0 Å². The van der Waals surface area contributed by atoms with Gasteiger partial charge in [-0.25, -0.2) is 0 Å². The molecule has 0 amide bonds. The van der Waals surface area contributed by atoms with Crippen molar-refractivity contribution < 1.29 is 9.84 Å². The Hall–Kier alpha value is -0.900. The number of aliphatic hydroxyl groups is 1. The van der Waals surface area contributed by atoms with Crippen LogP contribution in [0.2, 0.25) is 0 Å². The number of hydrogen-bond acceptors (Lipinski definition) is 3. The molecule has 0 saturated carbocycles. The van der Waals surface area contributed by atoms with Crippen LogP contribution in [0.1, 0.15) is 37.3 Å². The molecule has 3 heteroatoms. The molecule has 1 aliphatic rings. The monoisotopic (exact) mass is 263 g/mol. The van der Waals surface area contributed by atoms with E-state index in [1.807, 2.05) is 0 Å². The van der Waals surface area contributed by atoms with E-state index in [-0.39, 0.29) is 6.61 Å². The second-order valence-electron chi connectivity index (χ2n) is 5.15. The lowest BCUT2D eigenvalue weighted by Gasteiger charge is -2.30. The highest BCUT2D eigenvalue weighted by molar-refractivity contribution is 5.19. The minimum atomic E-state index is 0.113. The lowest BCUT2D eigenvalue weighted by Crippen LogP contribution is -2.32. The summed E-state index contributed by atoms with van der Waals surface area (Å²) in [6.07, 6.45) is 5.16. The van der Waals surface area contributed by atoms with E-state index in [0.29, 0.717) is 19.3 Å². The molecule has 0 aromatic heterocycles. The van der Waals surface area contributed by atoms with Gasteiger partial charge in [-0.1, -0.05) is 43.2 Å². The van der Waals surface area contributed by atoms with Gasteiger partial charge in [0.2, 0.25) is 0 Å². The second-order valence-corrected chi connectivity index (χ2v) is 5.15. The van der Waals surface area contributed by atoms with Crippen LogP contribution in [0.25, 0.3) is 0 Å². The smallest absolute Gasteiger partial charge is 0.0698 e. The van der Waals surface area contributed by atoms with Crippen molar-refractivity contribution in [1.82, 2.24) is 4.90 Å². The first-order valence-corrected chi connectivity index (χ1v) is 7.39. The highest BCUT2D eigenvalue weighted by Gasteiger charge is 2.21. The van der Waals surface area contributed by atoms with E-state index in [2.05, 4.69) is 35.2 Å². The lowest BCUT2D eigenvalue weighted by atomic mass is 10.0. The fourth-order valence-corrected chi connectivity index (χ4v) is 2.84. The molecule has 1 N–H and O–H groups in total. The average Bonchev–Trinajstić information content (AvgIpc) is 2.70. The molecule has 1 aliphatic heterocycles. The molecule has 3 nitrogen and oxygen atoms in total. The molecule has 1 aromatic rings. The molecule has 2 rings (SSSR count). The Morgan fingerprint density at radius 2 is 1.95 bits per heavy atom. The maximum Gasteiger partial charge on any atom is 0.0698 e. The molecular weight excluding hydrogens is 238 g/mol. The normalized spacial score (nSPS) is 21.2. The zero-order valence-corrected chi connectivity index (χ0v) is 11.6. The summed E-state index contributed by atoms with van der Waals surface area (Å²) < 4.78 is 5.42. The van der Waals surface area contributed by atoms with Crippen molar-refractivity contribution in [3.63, 3.8) is 0 Å². The predicted molar refractivity (Wildman–Crippen MR) is 77.1 cm³/mol. The van der Waals surface area contributed by atoms with Gasteiger partial charge in [0.05, 0.1) is 19.8 Å². The first kappa shape index (κ1) is 14.5. The molecule has 1 atom stereocenters. The number of rotatable bonds is 6. The van der Waals surface area contributed by atoms with Gasteiger partial charge in [0, 0.05) is 12.6 Å². The maximum atomic E-state index is 8.74. The fraction of sp³-hybridized carbons (Fsp3) is 0.625. The molecule has 0 radical (unpaired) electrons. The quantitative estimate of drug-likeness (QED) is 0.801. The highest BCUT2D eigenvalue weighted by Crippen LogP contribution is 2.29. The molecule has 1 heterocycles. The minimum Gasteiger partial charge on any atom is -0.394 e. The van der Waals surface area contributed by atoms with E-state index < -0.39 is 0 Å². The number of ether oxygens (including phenoxy) is 1. The Morgan fingerprint density at radius 1 is 1.11 bits per heavy atom. The van der Waals surface area contributed by atoms with Gasteiger partial charge >= 0.3 is 0 Å². The second kappa shape index (κ2) is 8.31. The molecule has 106 valence electrons. The predicted octanol–water partition coefficient (Wildman–Crippen LogP) is 2.61. The van der Waals surface area contributed by atoms with Crippen molar-refractivity contribution in [3.8, 4) is 0 Å². The van der Waals surface area contributed by atoms with Crippen LogP contribution >= 0.6 is 0 Å². The van der Waals surface area contributed by atoms with Crippen LogP contribution in [-0.2, 0) is 4.74 Å². The van der Waals surface area contributed by atoms with Crippen molar-refractivity contribution in [2.75, 3.05) is 32.9 Å². The van der Waals surface area contributed by atoms with E-state index in [9.17, 15) is 0 Å². The summed E-state index contributed by atoms with van der Waals surface area (Å²) in [4.78, 5) is 2.54. The van der Waals surface area contributed by atoms with Gasteiger partial charge in [-0.05, 0) is 24.9 Å². The topological polar surface area (TPSA) is 32.7 Å². The summed E-state index contributed by atoms with van der Waals surface area (Å²) in [7, 11) is 0. The van der Waals surface area contributed by atoms with Crippen molar-refractivity contribution in [2.45, 2.75) is 31.7 Å². The number of nitrogens with zero attached hydrogens (tertiary/aromatic N) is 1. The minimum absolute atomic E-state index is 0.113. The van der Waals surface area contributed by atoms with Gasteiger partial charge in [0.1, 0.15) is 0 Å². The molecule has 0 bridgehead atoms. The average molecular weight is 263 g/mol. The Morgan fingerprint density at radius 3 is 2.74 bits per heavy atom. The largest absolute Gasteiger partial charge is 0.394 e. The number of hydrogen-bond donors (Lipinski definition) is 1. The van der Waals surface area contributed by atoms with Crippen LogP contribution in [0.3, 0.4) is 0 Å². The van der Waals surface area contributed by atoms with Gasteiger partial charge in [-0.3, -0.25) is 4.90 Å². The van der Waals surface area contributed by atoms with Crippen LogP contribution in [0, 0.1) is 0 Å². The van der Waals surface area contributed by atoms with Gasteiger partial charge in [-0.2, -0.15) is 0 Å². The van der Waals surface area contributed by atoms with Gasteiger partial charge < -0.3 is 9.84 Å². The van der Waals surface area contributed by atoms with Crippen molar-refractivity contribution in [3.05, 3.63) is 35.9 Å². The molecule has 19 heavy (non-hydrogen) atoms. The van der Waals surface area contributed by atoms with Crippen LogP contribution in [0.5, 0.6) is 0 Å². The molecule has 0 aliphatic carbocycles. The molecular formula is C16H25NO2. The number of likely N-dealkylation sites (tertiary alicyclic amines) is 1. The van der Waals surface area contributed by atoms with E-state index in [0.717, 1.165) is 13.1 Å². The first-order valence-electron chi connectivity index (χ1n) is 7.39. The first-order chi connectivity index (χ1) is 9.42. The van der Waals surface area contributed by atoms with Crippen molar-refractivity contribution in [1.29, 1.82) is 0 Å².